The van der Waals surface area contributed by atoms with E-state index >= 15 is 0 Å². The minimum absolute atomic E-state index is 0.0166. The number of carbonyl (C=O) groups excluding carboxylic acids is 1. The van der Waals surface area contributed by atoms with Crippen LogP contribution in [0.3, 0.4) is 0 Å². The van der Waals surface area contributed by atoms with Gasteiger partial charge in [0.2, 0.25) is 3.70 Å². The van der Waals surface area contributed by atoms with E-state index in [2.05, 4.69) is 4.98 Å². The number of hydrogen-bond acceptors (Lipinski definition) is 4. The number of carbonyl (C=O) groups is 1. The average molecular weight is 328 g/mol. The third-order valence-electron chi connectivity index (χ3n) is 1.57. The molecule has 0 fully saturated rings. The van der Waals surface area contributed by atoms with Crippen LogP contribution in [-0.4, -0.2) is 16.2 Å². The van der Waals surface area contributed by atoms with Crippen molar-refractivity contribution >= 4 is 34.7 Å². The van der Waals surface area contributed by atoms with Crippen LogP contribution < -0.4 is 0 Å². The molecule has 0 aromatic carbocycles. The van der Waals surface area contributed by atoms with E-state index in [1.807, 2.05) is 0 Å². The first-order valence-corrected chi connectivity index (χ1v) is 4.63. The van der Waals surface area contributed by atoms with Crippen molar-refractivity contribution in [3.8, 4) is 0 Å². The minimum Gasteiger partial charge on any atom is -0.358 e. The van der Waals surface area contributed by atoms with E-state index in [0.29, 0.717) is 0 Å². The van der Waals surface area contributed by atoms with Gasteiger partial charge in [0.05, 0.1) is 0 Å². The first kappa shape index (κ1) is 11.9. The van der Waals surface area contributed by atoms with Gasteiger partial charge in [-0.15, -0.1) is 0 Å². The molecule has 0 N–H and O–H groups in total. The molecule has 0 bridgehead atoms. The van der Waals surface area contributed by atoms with E-state index in [-0.39, 0.29) is 9.99 Å². The highest BCUT2D eigenvalue weighted by Gasteiger charge is 2.25. The lowest BCUT2D eigenvalue weighted by Crippen LogP contribution is -2.04. The Balaban J connectivity index is 3.52. The summed E-state index contributed by atoms with van der Waals surface area (Å²) >= 11 is 1.57. The summed E-state index contributed by atoms with van der Waals surface area (Å²) in [4.78, 5) is 23.4. The van der Waals surface area contributed by atoms with Crippen molar-refractivity contribution in [1.82, 2.24) is 4.98 Å². The molecule has 0 spiro atoms. The van der Waals surface area contributed by atoms with Gasteiger partial charge in [0.1, 0.15) is 5.56 Å². The zero-order chi connectivity index (χ0) is 11.6. The Hall–Kier alpha value is -1.19. The van der Waals surface area contributed by atoms with Crippen molar-refractivity contribution in [3.05, 3.63) is 31.0 Å². The molecular weight excluding hydrogens is 325 g/mol. The lowest BCUT2D eigenvalue weighted by molar-refractivity contribution is -0.390. The predicted octanol–water partition coefficient (Wildman–Crippen LogP) is 2.34. The number of aldehydes is 1. The smallest absolute Gasteiger partial charge is 0.358 e. The highest BCUT2D eigenvalue weighted by Crippen LogP contribution is 2.28. The topological polar surface area (TPSA) is 73.1 Å². The average Bonchev–Trinajstić information content (AvgIpc) is 2.16. The Bertz CT molecular complexity index is 425. The second-order valence-corrected chi connectivity index (χ2v) is 3.55. The number of alkyl halides is 2. The summed E-state index contributed by atoms with van der Waals surface area (Å²) in [5.74, 6) is -0.841. The molecule has 1 aromatic heterocycles. The quantitative estimate of drug-likeness (QED) is 0.281. The van der Waals surface area contributed by atoms with Gasteiger partial charge in [-0.1, -0.05) is 0 Å². The predicted molar refractivity (Wildman–Crippen MR) is 54.0 cm³/mol. The second-order valence-electron chi connectivity index (χ2n) is 2.45. The SMILES string of the molecule is O=Cc1c(C(F)F)cc(I)nc1[N+](=O)[O-]. The normalized spacial score (nSPS) is 10.4. The van der Waals surface area contributed by atoms with Crippen molar-refractivity contribution in [2.45, 2.75) is 6.43 Å². The lowest BCUT2D eigenvalue weighted by atomic mass is 10.1. The Kier molecular flexibility index (Phi) is 3.61. The zero-order valence-corrected chi connectivity index (χ0v) is 9.14. The minimum atomic E-state index is -2.94. The van der Waals surface area contributed by atoms with Crippen LogP contribution in [0.25, 0.3) is 0 Å². The molecule has 1 rings (SSSR count). The van der Waals surface area contributed by atoms with E-state index < -0.39 is 28.3 Å². The summed E-state index contributed by atoms with van der Waals surface area (Å²) in [7, 11) is 0. The monoisotopic (exact) mass is 328 g/mol. The molecule has 80 valence electrons. The van der Waals surface area contributed by atoms with Crippen LogP contribution in [0.4, 0.5) is 14.6 Å². The van der Waals surface area contributed by atoms with Gasteiger partial charge in [0.15, 0.2) is 6.29 Å². The maximum absolute atomic E-state index is 12.4. The van der Waals surface area contributed by atoms with Crippen LogP contribution in [0.2, 0.25) is 0 Å². The van der Waals surface area contributed by atoms with Gasteiger partial charge in [0.25, 0.3) is 6.43 Å². The van der Waals surface area contributed by atoms with Gasteiger partial charge in [-0.2, -0.15) is 0 Å². The first-order valence-electron chi connectivity index (χ1n) is 3.55. The number of halogens is 3. The summed E-state index contributed by atoms with van der Waals surface area (Å²) in [6, 6.07) is 0.946. The van der Waals surface area contributed by atoms with E-state index in [4.69, 9.17) is 0 Å². The Morgan fingerprint density at radius 2 is 2.20 bits per heavy atom. The summed E-state index contributed by atoms with van der Waals surface area (Å²) in [6.45, 7) is 0. The van der Waals surface area contributed by atoms with Crippen molar-refractivity contribution < 1.29 is 18.5 Å². The van der Waals surface area contributed by atoms with Gasteiger partial charge in [0, 0.05) is 34.2 Å². The molecule has 5 nitrogen and oxygen atoms in total. The van der Waals surface area contributed by atoms with Crippen LogP contribution in [0.5, 0.6) is 0 Å². The molecule has 0 saturated heterocycles. The molecule has 0 aliphatic heterocycles. The molecule has 0 atom stereocenters. The van der Waals surface area contributed by atoms with Crippen LogP contribution in [0, 0.1) is 13.8 Å². The Labute approximate surface area is 95.8 Å². The Morgan fingerprint density at radius 3 is 2.60 bits per heavy atom. The van der Waals surface area contributed by atoms with Crippen molar-refractivity contribution in [1.29, 1.82) is 0 Å². The van der Waals surface area contributed by atoms with Gasteiger partial charge in [-0.05, 0) is 9.91 Å². The standard InChI is InChI=1S/C7H3F2IN2O3/c8-6(9)3-1-5(10)11-7(12(14)15)4(3)2-13/h1-2,6H. The summed E-state index contributed by atoms with van der Waals surface area (Å²) in [5.41, 5.74) is -1.34. The van der Waals surface area contributed by atoms with E-state index in [1.54, 1.807) is 22.6 Å². The van der Waals surface area contributed by atoms with Crippen molar-refractivity contribution in [3.63, 3.8) is 0 Å². The molecule has 0 amide bonds. The third-order valence-corrected chi connectivity index (χ3v) is 2.12. The van der Waals surface area contributed by atoms with Crippen LogP contribution in [0.15, 0.2) is 6.07 Å². The molecule has 1 aromatic rings. The third kappa shape index (κ3) is 2.43. The molecule has 0 saturated carbocycles. The summed E-state index contributed by atoms with van der Waals surface area (Å²) in [5, 5.41) is 10.4. The number of nitro groups is 1. The van der Waals surface area contributed by atoms with Crippen LogP contribution in [-0.2, 0) is 0 Å². The number of aromatic nitrogens is 1. The number of nitrogens with zero attached hydrogens (tertiary/aromatic N) is 2. The summed E-state index contributed by atoms with van der Waals surface area (Å²) < 4.78 is 24.9. The Morgan fingerprint density at radius 1 is 1.60 bits per heavy atom. The van der Waals surface area contributed by atoms with Gasteiger partial charge < -0.3 is 10.1 Å². The first-order chi connectivity index (χ1) is 6.97. The highest BCUT2D eigenvalue weighted by atomic mass is 127. The molecular formula is C7H3F2IN2O3. The largest absolute Gasteiger partial charge is 0.375 e. The number of rotatable bonds is 3. The van der Waals surface area contributed by atoms with E-state index in [9.17, 15) is 23.7 Å². The molecule has 0 radical (unpaired) electrons. The fourth-order valence-corrected chi connectivity index (χ4v) is 1.53. The lowest BCUT2D eigenvalue weighted by Gasteiger charge is -2.03. The van der Waals surface area contributed by atoms with Gasteiger partial charge in [-0.3, -0.25) is 4.79 Å². The second kappa shape index (κ2) is 4.55. The summed E-state index contributed by atoms with van der Waals surface area (Å²) in [6.07, 6.45) is -2.93. The van der Waals surface area contributed by atoms with Gasteiger partial charge >= 0.3 is 5.82 Å². The molecule has 1 heterocycles. The van der Waals surface area contributed by atoms with Crippen molar-refractivity contribution in [2.75, 3.05) is 0 Å². The van der Waals surface area contributed by atoms with Crippen LogP contribution in [0.1, 0.15) is 22.3 Å². The zero-order valence-electron chi connectivity index (χ0n) is 6.99. The molecule has 15 heavy (non-hydrogen) atoms. The van der Waals surface area contributed by atoms with Crippen LogP contribution >= 0.6 is 22.6 Å². The molecule has 8 heteroatoms. The fraction of sp³-hybridized carbons (Fsp3) is 0.143. The maximum Gasteiger partial charge on any atom is 0.375 e. The molecule has 0 aliphatic rings. The van der Waals surface area contributed by atoms with Gasteiger partial charge in [-0.25, -0.2) is 8.78 Å². The maximum atomic E-state index is 12.4. The molecule has 0 aliphatic carbocycles. The highest BCUT2D eigenvalue weighted by molar-refractivity contribution is 14.1. The molecule has 0 unspecified atom stereocenters. The fourth-order valence-electron chi connectivity index (χ4n) is 0.969. The van der Waals surface area contributed by atoms with E-state index in [1.165, 1.54) is 0 Å². The number of hydrogen-bond donors (Lipinski definition) is 0. The van der Waals surface area contributed by atoms with E-state index in [0.717, 1.165) is 6.07 Å². The number of pyridine rings is 1. The van der Waals surface area contributed by atoms with Crippen molar-refractivity contribution in [2.24, 2.45) is 0 Å².